The van der Waals surface area contributed by atoms with Gasteiger partial charge >= 0.3 is 0 Å². The molecule has 0 aliphatic rings. The summed E-state index contributed by atoms with van der Waals surface area (Å²) in [7, 11) is 0. The first-order chi connectivity index (χ1) is 8.52. The molecule has 5 heteroatoms. The third-order valence-electron chi connectivity index (χ3n) is 2.39. The summed E-state index contributed by atoms with van der Waals surface area (Å²) in [5, 5.41) is 5.38. The highest BCUT2D eigenvalue weighted by molar-refractivity contribution is 5.96. The molecule has 2 amide bonds. The quantitative estimate of drug-likeness (QED) is 0.742. The highest BCUT2D eigenvalue weighted by Gasteiger charge is 2.12. The van der Waals surface area contributed by atoms with Gasteiger partial charge in [0, 0.05) is 18.3 Å². The van der Waals surface area contributed by atoms with Gasteiger partial charge in [-0.1, -0.05) is 19.4 Å². The monoisotopic (exact) mass is 249 g/mol. The van der Waals surface area contributed by atoms with Crippen molar-refractivity contribution in [1.29, 1.82) is 0 Å². The van der Waals surface area contributed by atoms with Crippen LogP contribution in [-0.2, 0) is 9.59 Å². The summed E-state index contributed by atoms with van der Waals surface area (Å²) in [5.41, 5.74) is 6.98. The van der Waals surface area contributed by atoms with Crippen LogP contribution in [0.1, 0.15) is 26.7 Å². The standard InChI is InChI=1S/C13H19N3O2/c1-3-5-12(14)13(18)16-11-7-4-6-10(8-11)15-9(2)17/h4,6-8,12H,3,5,14H2,1-2H3,(H,15,17)(H,16,18)/t12-/m0/s1. The fourth-order valence-corrected chi connectivity index (χ4v) is 1.56. The van der Waals surface area contributed by atoms with Gasteiger partial charge in [0.1, 0.15) is 0 Å². The second-order valence-electron chi connectivity index (χ2n) is 4.15. The first-order valence-electron chi connectivity index (χ1n) is 5.97. The van der Waals surface area contributed by atoms with E-state index in [0.29, 0.717) is 17.8 Å². The van der Waals surface area contributed by atoms with Crippen LogP contribution in [0.25, 0.3) is 0 Å². The molecule has 0 spiro atoms. The van der Waals surface area contributed by atoms with E-state index in [2.05, 4.69) is 10.6 Å². The number of hydrogen-bond donors (Lipinski definition) is 3. The molecular weight excluding hydrogens is 230 g/mol. The molecule has 4 N–H and O–H groups in total. The summed E-state index contributed by atoms with van der Waals surface area (Å²) >= 11 is 0. The zero-order valence-corrected chi connectivity index (χ0v) is 10.7. The third kappa shape index (κ3) is 4.55. The molecule has 0 saturated carbocycles. The molecule has 0 fully saturated rings. The Bertz CT molecular complexity index is 432. The van der Waals surface area contributed by atoms with Crippen molar-refractivity contribution < 1.29 is 9.59 Å². The SMILES string of the molecule is CCC[C@H](N)C(=O)Nc1cccc(NC(C)=O)c1. The van der Waals surface area contributed by atoms with Crippen LogP contribution >= 0.6 is 0 Å². The van der Waals surface area contributed by atoms with Crippen molar-refractivity contribution >= 4 is 23.2 Å². The summed E-state index contributed by atoms with van der Waals surface area (Å²) in [6.07, 6.45) is 1.51. The number of carbonyl (C=O) groups excluding carboxylic acids is 2. The highest BCUT2D eigenvalue weighted by Crippen LogP contribution is 2.15. The van der Waals surface area contributed by atoms with Crippen LogP contribution in [0.2, 0.25) is 0 Å². The molecule has 1 rings (SSSR count). The van der Waals surface area contributed by atoms with Crippen LogP contribution in [0.15, 0.2) is 24.3 Å². The number of nitrogens with two attached hydrogens (primary N) is 1. The fraction of sp³-hybridized carbons (Fsp3) is 0.385. The molecule has 0 heterocycles. The molecule has 0 saturated heterocycles. The normalized spacial score (nSPS) is 11.7. The maximum Gasteiger partial charge on any atom is 0.241 e. The maximum absolute atomic E-state index is 11.7. The predicted molar refractivity (Wildman–Crippen MR) is 72.3 cm³/mol. The molecule has 98 valence electrons. The Morgan fingerprint density at radius 1 is 1.28 bits per heavy atom. The summed E-state index contributed by atoms with van der Waals surface area (Å²) in [4.78, 5) is 22.6. The average molecular weight is 249 g/mol. The van der Waals surface area contributed by atoms with Crippen molar-refractivity contribution in [3.63, 3.8) is 0 Å². The lowest BCUT2D eigenvalue weighted by molar-refractivity contribution is -0.117. The topological polar surface area (TPSA) is 84.2 Å². The zero-order chi connectivity index (χ0) is 13.5. The first-order valence-corrected chi connectivity index (χ1v) is 5.97. The number of rotatable bonds is 5. The van der Waals surface area contributed by atoms with Gasteiger partial charge in [0.2, 0.25) is 11.8 Å². The Kier molecular flexibility index (Phi) is 5.32. The molecular formula is C13H19N3O2. The van der Waals surface area contributed by atoms with E-state index < -0.39 is 6.04 Å². The van der Waals surface area contributed by atoms with Crippen molar-refractivity contribution in [2.75, 3.05) is 10.6 Å². The van der Waals surface area contributed by atoms with E-state index >= 15 is 0 Å². The van der Waals surface area contributed by atoms with Crippen LogP contribution in [-0.4, -0.2) is 17.9 Å². The Morgan fingerprint density at radius 3 is 2.44 bits per heavy atom. The minimum absolute atomic E-state index is 0.152. The van der Waals surface area contributed by atoms with E-state index in [1.54, 1.807) is 24.3 Å². The van der Waals surface area contributed by atoms with Gasteiger partial charge < -0.3 is 16.4 Å². The Hall–Kier alpha value is -1.88. The predicted octanol–water partition coefficient (Wildman–Crippen LogP) is 1.71. The minimum atomic E-state index is -0.501. The van der Waals surface area contributed by atoms with E-state index in [-0.39, 0.29) is 11.8 Å². The van der Waals surface area contributed by atoms with E-state index in [9.17, 15) is 9.59 Å². The first kappa shape index (κ1) is 14.2. The minimum Gasteiger partial charge on any atom is -0.326 e. The van der Waals surface area contributed by atoms with Gasteiger partial charge in [-0.3, -0.25) is 9.59 Å². The van der Waals surface area contributed by atoms with Crippen LogP contribution in [0, 0.1) is 0 Å². The average Bonchev–Trinajstić information content (AvgIpc) is 2.28. The molecule has 1 aromatic rings. The number of amides is 2. The molecule has 0 aliphatic heterocycles. The van der Waals surface area contributed by atoms with Gasteiger partial charge in [0.05, 0.1) is 6.04 Å². The van der Waals surface area contributed by atoms with E-state index in [1.807, 2.05) is 6.92 Å². The van der Waals surface area contributed by atoms with Gasteiger partial charge in [0.25, 0.3) is 0 Å². The summed E-state index contributed by atoms with van der Waals surface area (Å²) in [6.45, 7) is 3.41. The van der Waals surface area contributed by atoms with E-state index in [0.717, 1.165) is 6.42 Å². The molecule has 1 aromatic carbocycles. The highest BCUT2D eigenvalue weighted by atomic mass is 16.2. The van der Waals surface area contributed by atoms with Crippen molar-refractivity contribution in [3.8, 4) is 0 Å². The van der Waals surface area contributed by atoms with Crippen molar-refractivity contribution in [2.24, 2.45) is 5.73 Å². The second-order valence-corrected chi connectivity index (χ2v) is 4.15. The number of nitrogens with one attached hydrogen (secondary N) is 2. The summed E-state index contributed by atoms with van der Waals surface area (Å²) in [6, 6.07) is 6.45. The lowest BCUT2D eigenvalue weighted by Crippen LogP contribution is -2.35. The van der Waals surface area contributed by atoms with Crippen molar-refractivity contribution in [3.05, 3.63) is 24.3 Å². The summed E-state index contributed by atoms with van der Waals surface area (Å²) < 4.78 is 0. The Morgan fingerprint density at radius 2 is 1.89 bits per heavy atom. The lowest BCUT2D eigenvalue weighted by atomic mass is 10.1. The number of hydrogen-bond acceptors (Lipinski definition) is 3. The van der Waals surface area contributed by atoms with Gasteiger partial charge in [-0.15, -0.1) is 0 Å². The third-order valence-corrected chi connectivity index (χ3v) is 2.39. The molecule has 1 atom stereocenters. The van der Waals surface area contributed by atoms with Crippen LogP contribution in [0.4, 0.5) is 11.4 Å². The van der Waals surface area contributed by atoms with Crippen LogP contribution in [0.3, 0.4) is 0 Å². The van der Waals surface area contributed by atoms with Gasteiger partial charge in [-0.05, 0) is 24.6 Å². The molecule has 0 aromatic heterocycles. The summed E-state index contributed by atoms with van der Waals surface area (Å²) in [5.74, 6) is -0.363. The second kappa shape index (κ2) is 6.76. The smallest absolute Gasteiger partial charge is 0.241 e. The van der Waals surface area contributed by atoms with Gasteiger partial charge in [-0.2, -0.15) is 0 Å². The van der Waals surface area contributed by atoms with Crippen molar-refractivity contribution in [1.82, 2.24) is 0 Å². The maximum atomic E-state index is 11.7. The molecule has 18 heavy (non-hydrogen) atoms. The van der Waals surface area contributed by atoms with Crippen LogP contribution < -0.4 is 16.4 Å². The van der Waals surface area contributed by atoms with E-state index in [4.69, 9.17) is 5.73 Å². The molecule has 5 nitrogen and oxygen atoms in total. The Labute approximate surface area is 107 Å². The Balaban J connectivity index is 2.67. The fourth-order valence-electron chi connectivity index (χ4n) is 1.56. The van der Waals surface area contributed by atoms with Gasteiger partial charge in [0.15, 0.2) is 0 Å². The lowest BCUT2D eigenvalue weighted by Gasteiger charge is -2.12. The zero-order valence-electron chi connectivity index (χ0n) is 10.7. The van der Waals surface area contributed by atoms with Crippen LogP contribution in [0.5, 0.6) is 0 Å². The van der Waals surface area contributed by atoms with Gasteiger partial charge in [-0.25, -0.2) is 0 Å². The number of anilines is 2. The molecule has 0 bridgehead atoms. The van der Waals surface area contributed by atoms with Crippen molar-refractivity contribution in [2.45, 2.75) is 32.7 Å². The molecule has 0 radical (unpaired) electrons. The molecule has 0 aliphatic carbocycles. The largest absolute Gasteiger partial charge is 0.326 e. The number of benzene rings is 1. The van der Waals surface area contributed by atoms with E-state index in [1.165, 1.54) is 6.92 Å². The number of carbonyl (C=O) groups is 2. The molecule has 0 unspecified atom stereocenters.